The van der Waals surface area contributed by atoms with E-state index in [0.29, 0.717) is 6.61 Å². The van der Waals surface area contributed by atoms with E-state index in [-0.39, 0.29) is 24.4 Å². The van der Waals surface area contributed by atoms with Crippen LogP contribution in [0.5, 0.6) is 0 Å². The van der Waals surface area contributed by atoms with Crippen molar-refractivity contribution in [3.8, 4) is 0 Å². The number of hydrogen-bond acceptors (Lipinski definition) is 4. The van der Waals surface area contributed by atoms with Gasteiger partial charge in [0.15, 0.2) is 0 Å². The van der Waals surface area contributed by atoms with Crippen LogP contribution in [0.1, 0.15) is 26.2 Å². The first-order valence-corrected chi connectivity index (χ1v) is 7.03. The van der Waals surface area contributed by atoms with Crippen LogP contribution in [0.4, 0.5) is 0 Å². The molecule has 2 unspecified atom stereocenters. The first-order chi connectivity index (χ1) is 7.05. The zero-order valence-electron chi connectivity index (χ0n) is 9.11. The van der Waals surface area contributed by atoms with Crippen molar-refractivity contribution >= 4 is 10.0 Å². The van der Waals surface area contributed by atoms with Crippen LogP contribution in [0.2, 0.25) is 0 Å². The van der Waals surface area contributed by atoms with Gasteiger partial charge in [-0.05, 0) is 19.8 Å². The number of sulfonamides is 1. The molecule has 1 rings (SSSR count). The Bertz CT molecular complexity index is 279. The molecule has 0 spiro atoms. The van der Waals surface area contributed by atoms with Crippen molar-refractivity contribution in [3.05, 3.63) is 0 Å². The fraction of sp³-hybridized carbons (Fsp3) is 1.00. The fourth-order valence-corrected chi connectivity index (χ4v) is 2.95. The normalized spacial score (nSPS) is 27.1. The predicted molar refractivity (Wildman–Crippen MR) is 59.0 cm³/mol. The van der Waals surface area contributed by atoms with E-state index < -0.39 is 10.0 Å². The molecule has 0 saturated heterocycles. The molecule has 0 aliphatic heterocycles. The Morgan fingerprint density at radius 1 is 1.47 bits per heavy atom. The van der Waals surface area contributed by atoms with Crippen LogP contribution in [0.3, 0.4) is 0 Å². The van der Waals surface area contributed by atoms with E-state index in [1.807, 2.05) is 6.92 Å². The molecule has 0 aromatic heterocycles. The van der Waals surface area contributed by atoms with Crippen molar-refractivity contribution < 1.29 is 13.2 Å². The molecule has 0 radical (unpaired) electrons. The Kier molecular flexibility index (Phi) is 4.98. The summed E-state index contributed by atoms with van der Waals surface area (Å²) in [5, 5.41) is 0. The number of hydrogen-bond donors (Lipinski definition) is 2. The summed E-state index contributed by atoms with van der Waals surface area (Å²) in [4.78, 5) is 0. The highest BCUT2D eigenvalue weighted by Crippen LogP contribution is 2.17. The summed E-state index contributed by atoms with van der Waals surface area (Å²) < 4.78 is 30.8. The lowest BCUT2D eigenvalue weighted by Gasteiger charge is -2.17. The second kappa shape index (κ2) is 5.79. The summed E-state index contributed by atoms with van der Waals surface area (Å²) in [5.41, 5.74) is 5.78. The average molecular weight is 236 g/mol. The highest BCUT2D eigenvalue weighted by molar-refractivity contribution is 7.89. The van der Waals surface area contributed by atoms with E-state index in [9.17, 15) is 8.42 Å². The second-order valence-electron chi connectivity index (χ2n) is 3.83. The third kappa shape index (κ3) is 4.46. The van der Waals surface area contributed by atoms with Crippen LogP contribution in [0.15, 0.2) is 0 Å². The van der Waals surface area contributed by atoms with E-state index in [1.165, 1.54) is 0 Å². The van der Waals surface area contributed by atoms with Crippen molar-refractivity contribution in [1.82, 2.24) is 4.72 Å². The highest BCUT2D eigenvalue weighted by atomic mass is 32.2. The second-order valence-corrected chi connectivity index (χ2v) is 5.71. The summed E-state index contributed by atoms with van der Waals surface area (Å²) >= 11 is 0. The van der Waals surface area contributed by atoms with Gasteiger partial charge >= 0.3 is 0 Å². The molecule has 1 fully saturated rings. The van der Waals surface area contributed by atoms with Crippen LogP contribution in [0.25, 0.3) is 0 Å². The Balaban J connectivity index is 2.35. The van der Waals surface area contributed by atoms with E-state index in [4.69, 9.17) is 10.5 Å². The monoisotopic (exact) mass is 236 g/mol. The minimum atomic E-state index is -3.23. The first kappa shape index (κ1) is 12.9. The maximum Gasteiger partial charge on any atom is 0.214 e. The number of rotatable bonds is 6. The van der Waals surface area contributed by atoms with E-state index in [1.54, 1.807) is 0 Å². The molecule has 1 aliphatic carbocycles. The average Bonchev–Trinajstić information content (AvgIpc) is 2.51. The summed E-state index contributed by atoms with van der Waals surface area (Å²) in [6.07, 6.45) is 2.74. The van der Waals surface area contributed by atoms with Crippen molar-refractivity contribution in [3.63, 3.8) is 0 Å². The van der Waals surface area contributed by atoms with Gasteiger partial charge in [-0.25, -0.2) is 13.1 Å². The van der Waals surface area contributed by atoms with Gasteiger partial charge in [0.25, 0.3) is 0 Å². The number of ether oxygens (including phenoxy) is 1. The molecule has 0 heterocycles. The largest absolute Gasteiger partial charge is 0.381 e. The van der Waals surface area contributed by atoms with Gasteiger partial charge in [0.1, 0.15) is 0 Å². The summed E-state index contributed by atoms with van der Waals surface area (Å²) in [6, 6.07) is -0.122. The lowest BCUT2D eigenvalue weighted by Crippen LogP contribution is -2.45. The standard InChI is InChI=1S/C9H20N2O3S/c1-2-14-6-7-15(12,13)11-9-5-3-4-8(9)10/h8-9,11H,2-7,10H2,1H3. The molecule has 0 aromatic rings. The molecular formula is C9H20N2O3S. The predicted octanol–water partition coefficient (Wildman–Crippen LogP) is -0.178. The maximum atomic E-state index is 11.6. The minimum Gasteiger partial charge on any atom is -0.381 e. The van der Waals surface area contributed by atoms with Gasteiger partial charge in [0.2, 0.25) is 10.0 Å². The number of nitrogens with two attached hydrogens (primary N) is 1. The molecule has 90 valence electrons. The highest BCUT2D eigenvalue weighted by Gasteiger charge is 2.27. The zero-order chi connectivity index (χ0) is 11.3. The molecule has 6 heteroatoms. The molecule has 5 nitrogen and oxygen atoms in total. The summed E-state index contributed by atoms with van der Waals surface area (Å²) in [5.74, 6) is 0.0179. The minimum absolute atomic E-state index is 0.0179. The van der Waals surface area contributed by atoms with Crippen molar-refractivity contribution in [2.24, 2.45) is 5.73 Å². The summed E-state index contributed by atoms with van der Waals surface area (Å²) in [7, 11) is -3.23. The third-order valence-electron chi connectivity index (χ3n) is 2.60. The molecule has 0 amide bonds. The smallest absolute Gasteiger partial charge is 0.214 e. The fourth-order valence-electron chi connectivity index (χ4n) is 1.74. The van der Waals surface area contributed by atoms with E-state index >= 15 is 0 Å². The molecular weight excluding hydrogens is 216 g/mol. The SMILES string of the molecule is CCOCCS(=O)(=O)NC1CCCC1N. The van der Waals surface area contributed by atoms with Crippen LogP contribution in [-0.2, 0) is 14.8 Å². The van der Waals surface area contributed by atoms with Crippen molar-refractivity contribution in [2.45, 2.75) is 38.3 Å². The Hall–Kier alpha value is -0.170. The summed E-state index contributed by atoms with van der Waals surface area (Å²) in [6.45, 7) is 2.62. The van der Waals surface area contributed by atoms with Gasteiger partial charge in [-0.3, -0.25) is 0 Å². The first-order valence-electron chi connectivity index (χ1n) is 5.38. The van der Waals surface area contributed by atoms with Crippen LogP contribution in [-0.4, -0.2) is 39.5 Å². The molecule has 0 aromatic carbocycles. The van der Waals surface area contributed by atoms with Crippen LogP contribution < -0.4 is 10.5 Å². The van der Waals surface area contributed by atoms with Crippen molar-refractivity contribution in [1.29, 1.82) is 0 Å². The zero-order valence-corrected chi connectivity index (χ0v) is 9.92. The van der Waals surface area contributed by atoms with Gasteiger partial charge in [-0.2, -0.15) is 0 Å². The lowest BCUT2D eigenvalue weighted by molar-refractivity contribution is 0.163. The van der Waals surface area contributed by atoms with Crippen LogP contribution in [0, 0.1) is 0 Å². The Morgan fingerprint density at radius 2 is 2.20 bits per heavy atom. The van der Waals surface area contributed by atoms with E-state index in [0.717, 1.165) is 19.3 Å². The van der Waals surface area contributed by atoms with Gasteiger partial charge in [0.05, 0.1) is 12.4 Å². The van der Waals surface area contributed by atoms with Crippen molar-refractivity contribution in [2.75, 3.05) is 19.0 Å². The third-order valence-corrected chi connectivity index (χ3v) is 3.97. The Labute approximate surface area is 91.4 Å². The molecule has 1 saturated carbocycles. The van der Waals surface area contributed by atoms with Gasteiger partial charge < -0.3 is 10.5 Å². The molecule has 1 aliphatic rings. The van der Waals surface area contributed by atoms with E-state index in [2.05, 4.69) is 4.72 Å². The molecule has 15 heavy (non-hydrogen) atoms. The Morgan fingerprint density at radius 3 is 2.73 bits per heavy atom. The lowest BCUT2D eigenvalue weighted by atomic mass is 10.2. The van der Waals surface area contributed by atoms with Crippen LogP contribution >= 0.6 is 0 Å². The van der Waals surface area contributed by atoms with Gasteiger partial charge in [-0.1, -0.05) is 6.42 Å². The number of nitrogens with one attached hydrogen (secondary N) is 1. The molecule has 3 N–H and O–H groups in total. The molecule has 2 atom stereocenters. The maximum absolute atomic E-state index is 11.6. The molecule has 0 bridgehead atoms. The topological polar surface area (TPSA) is 81.4 Å². The van der Waals surface area contributed by atoms with Gasteiger partial charge in [0, 0.05) is 18.7 Å². The quantitative estimate of drug-likeness (QED) is 0.627. The van der Waals surface area contributed by atoms with Gasteiger partial charge in [-0.15, -0.1) is 0 Å².